The van der Waals surface area contributed by atoms with Crippen molar-refractivity contribution in [2.45, 2.75) is 13.3 Å². The Bertz CT molecular complexity index is 833. The fourth-order valence-corrected chi connectivity index (χ4v) is 2.29. The number of ether oxygens (including phenoxy) is 3. The fraction of sp³-hybridized carbons (Fsp3) is 0.222. The SMILES string of the molecule is CCOC(=O)Cc1ccc(Cl)c(Oc2cc(C#N)cc(OC)c2)c1F. The summed E-state index contributed by atoms with van der Waals surface area (Å²) in [4.78, 5) is 11.6. The van der Waals surface area contributed by atoms with Crippen LogP contribution in [0.4, 0.5) is 4.39 Å². The molecule has 0 radical (unpaired) electrons. The highest BCUT2D eigenvalue weighted by Crippen LogP contribution is 2.35. The van der Waals surface area contributed by atoms with E-state index < -0.39 is 11.8 Å². The number of halogens is 2. The van der Waals surface area contributed by atoms with Gasteiger partial charge in [0.15, 0.2) is 11.6 Å². The molecule has 0 unspecified atom stereocenters. The maximum atomic E-state index is 14.7. The van der Waals surface area contributed by atoms with Crippen LogP contribution in [-0.2, 0) is 16.0 Å². The average Bonchev–Trinajstić information content (AvgIpc) is 2.61. The van der Waals surface area contributed by atoms with Crippen molar-refractivity contribution in [3.05, 3.63) is 52.3 Å². The predicted octanol–water partition coefficient (Wildman–Crippen LogP) is 4.26. The number of esters is 1. The Balaban J connectivity index is 2.36. The smallest absolute Gasteiger partial charge is 0.310 e. The number of rotatable bonds is 6. The molecule has 0 saturated heterocycles. The first-order valence-electron chi connectivity index (χ1n) is 7.38. The number of carbonyl (C=O) groups excluding carboxylic acids is 1. The van der Waals surface area contributed by atoms with Gasteiger partial charge in [-0.1, -0.05) is 17.7 Å². The van der Waals surface area contributed by atoms with Gasteiger partial charge in [-0.15, -0.1) is 0 Å². The summed E-state index contributed by atoms with van der Waals surface area (Å²) in [7, 11) is 1.44. The molecule has 0 aliphatic rings. The summed E-state index contributed by atoms with van der Waals surface area (Å²) in [5, 5.41) is 9.07. The van der Waals surface area contributed by atoms with Gasteiger partial charge in [-0.2, -0.15) is 5.26 Å². The zero-order valence-electron chi connectivity index (χ0n) is 13.6. The van der Waals surface area contributed by atoms with Crippen LogP contribution in [0.25, 0.3) is 0 Å². The van der Waals surface area contributed by atoms with Crippen molar-refractivity contribution >= 4 is 17.6 Å². The Labute approximate surface area is 149 Å². The van der Waals surface area contributed by atoms with Crippen LogP contribution in [-0.4, -0.2) is 19.7 Å². The number of hydrogen-bond donors (Lipinski definition) is 0. The number of methoxy groups -OCH3 is 1. The summed E-state index contributed by atoms with van der Waals surface area (Å²) in [6.45, 7) is 1.87. The molecule has 25 heavy (non-hydrogen) atoms. The van der Waals surface area contributed by atoms with E-state index in [0.717, 1.165) is 0 Å². The van der Waals surface area contributed by atoms with Crippen LogP contribution < -0.4 is 9.47 Å². The van der Waals surface area contributed by atoms with Crippen molar-refractivity contribution < 1.29 is 23.4 Å². The zero-order valence-corrected chi connectivity index (χ0v) is 14.4. The van der Waals surface area contributed by atoms with E-state index in [1.165, 1.54) is 37.4 Å². The van der Waals surface area contributed by atoms with E-state index in [-0.39, 0.29) is 40.7 Å². The highest BCUT2D eigenvalue weighted by molar-refractivity contribution is 6.32. The third-order valence-electron chi connectivity index (χ3n) is 3.23. The lowest BCUT2D eigenvalue weighted by molar-refractivity contribution is -0.142. The van der Waals surface area contributed by atoms with Crippen molar-refractivity contribution in [1.29, 1.82) is 5.26 Å². The lowest BCUT2D eigenvalue weighted by atomic mass is 10.1. The van der Waals surface area contributed by atoms with Gasteiger partial charge in [0, 0.05) is 11.6 Å². The summed E-state index contributed by atoms with van der Waals surface area (Å²) in [6.07, 6.45) is -0.241. The number of benzene rings is 2. The molecular formula is C18H15ClFNO4. The fourth-order valence-electron chi connectivity index (χ4n) is 2.10. The summed E-state index contributed by atoms with van der Waals surface area (Å²) in [5.41, 5.74) is 0.384. The Kier molecular flexibility index (Phi) is 6.20. The van der Waals surface area contributed by atoms with Crippen molar-refractivity contribution in [3.8, 4) is 23.3 Å². The van der Waals surface area contributed by atoms with Crippen LogP contribution >= 0.6 is 11.6 Å². The van der Waals surface area contributed by atoms with E-state index >= 15 is 0 Å². The first-order chi connectivity index (χ1) is 12.0. The van der Waals surface area contributed by atoms with Crippen LogP contribution in [0.15, 0.2) is 30.3 Å². The van der Waals surface area contributed by atoms with Gasteiger partial charge in [0.1, 0.15) is 11.5 Å². The van der Waals surface area contributed by atoms with E-state index in [1.807, 2.05) is 6.07 Å². The largest absolute Gasteiger partial charge is 0.497 e. The number of nitriles is 1. The van der Waals surface area contributed by atoms with Crippen LogP contribution in [0.1, 0.15) is 18.1 Å². The van der Waals surface area contributed by atoms with E-state index in [4.69, 9.17) is 31.1 Å². The molecule has 7 heteroatoms. The first-order valence-corrected chi connectivity index (χ1v) is 7.75. The second-order valence-electron chi connectivity index (χ2n) is 4.94. The second kappa shape index (κ2) is 8.36. The van der Waals surface area contributed by atoms with Crippen LogP contribution in [0.5, 0.6) is 17.2 Å². The molecular weight excluding hydrogens is 349 g/mol. The number of nitrogens with zero attached hydrogens (tertiary/aromatic N) is 1. The number of hydrogen-bond acceptors (Lipinski definition) is 5. The maximum absolute atomic E-state index is 14.7. The Morgan fingerprint density at radius 2 is 2.00 bits per heavy atom. The third-order valence-corrected chi connectivity index (χ3v) is 3.53. The molecule has 0 amide bonds. The van der Waals surface area contributed by atoms with Gasteiger partial charge < -0.3 is 14.2 Å². The normalized spacial score (nSPS) is 10.0. The minimum Gasteiger partial charge on any atom is -0.497 e. The van der Waals surface area contributed by atoms with Crippen molar-refractivity contribution in [3.63, 3.8) is 0 Å². The van der Waals surface area contributed by atoms with Gasteiger partial charge in [-0.3, -0.25) is 4.79 Å². The van der Waals surface area contributed by atoms with E-state index in [1.54, 1.807) is 6.92 Å². The molecule has 0 aliphatic heterocycles. The molecule has 0 aromatic heterocycles. The van der Waals surface area contributed by atoms with Gasteiger partial charge in [-0.05, 0) is 25.1 Å². The second-order valence-corrected chi connectivity index (χ2v) is 5.35. The van der Waals surface area contributed by atoms with Gasteiger partial charge >= 0.3 is 5.97 Å². The predicted molar refractivity (Wildman–Crippen MR) is 89.5 cm³/mol. The average molecular weight is 364 g/mol. The molecule has 2 rings (SSSR count). The molecule has 0 atom stereocenters. The lowest BCUT2D eigenvalue weighted by Crippen LogP contribution is -2.09. The summed E-state index contributed by atoms with van der Waals surface area (Å²) >= 11 is 6.02. The molecule has 0 spiro atoms. The molecule has 0 N–H and O–H groups in total. The third kappa shape index (κ3) is 4.61. The van der Waals surface area contributed by atoms with Gasteiger partial charge in [0.05, 0.1) is 36.8 Å². The monoisotopic (exact) mass is 363 g/mol. The summed E-state index contributed by atoms with van der Waals surface area (Å²) in [6, 6.07) is 9.23. The van der Waals surface area contributed by atoms with Crippen molar-refractivity contribution in [2.24, 2.45) is 0 Å². The highest BCUT2D eigenvalue weighted by Gasteiger charge is 2.18. The van der Waals surface area contributed by atoms with Crippen LogP contribution in [0.3, 0.4) is 0 Å². The standard InChI is InChI=1S/C18H15ClFNO4/c1-3-24-16(22)8-12-4-5-15(19)18(17(12)20)25-14-7-11(10-21)6-13(9-14)23-2/h4-7,9H,3,8H2,1-2H3. The molecule has 0 fully saturated rings. The van der Waals surface area contributed by atoms with Crippen LogP contribution in [0.2, 0.25) is 5.02 Å². The van der Waals surface area contributed by atoms with E-state index in [9.17, 15) is 9.18 Å². The summed E-state index contributed by atoms with van der Waals surface area (Å²) in [5.74, 6) is -0.983. The Morgan fingerprint density at radius 3 is 2.64 bits per heavy atom. The van der Waals surface area contributed by atoms with Crippen molar-refractivity contribution in [1.82, 2.24) is 0 Å². The molecule has 2 aromatic rings. The minimum atomic E-state index is -0.762. The Morgan fingerprint density at radius 1 is 1.28 bits per heavy atom. The minimum absolute atomic E-state index is 0.0337. The molecule has 0 bridgehead atoms. The lowest BCUT2D eigenvalue weighted by Gasteiger charge is -2.13. The summed E-state index contributed by atoms with van der Waals surface area (Å²) < 4.78 is 30.1. The highest BCUT2D eigenvalue weighted by atomic mass is 35.5. The van der Waals surface area contributed by atoms with Gasteiger partial charge in [0.2, 0.25) is 0 Å². The van der Waals surface area contributed by atoms with E-state index in [0.29, 0.717) is 5.75 Å². The molecule has 0 heterocycles. The van der Waals surface area contributed by atoms with E-state index in [2.05, 4.69) is 0 Å². The Hall–Kier alpha value is -2.78. The zero-order chi connectivity index (χ0) is 18.4. The molecule has 0 saturated carbocycles. The topological polar surface area (TPSA) is 68.5 Å². The quantitative estimate of drug-likeness (QED) is 0.717. The molecule has 0 aliphatic carbocycles. The van der Waals surface area contributed by atoms with Crippen molar-refractivity contribution in [2.75, 3.05) is 13.7 Å². The number of carbonyl (C=O) groups is 1. The maximum Gasteiger partial charge on any atom is 0.310 e. The molecule has 5 nitrogen and oxygen atoms in total. The first kappa shape index (κ1) is 18.6. The van der Waals surface area contributed by atoms with Gasteiger partial charge in [-0.25, -0.2) is 4.39 Å². The molecule has 130 valence electrons. The van der Waals surface area contributed by atoms with Gasteiger partial charge in [0.25, 0.3) is 0 Å². The van der Waals surface area contributed by atoms with Crippen LogP contribution in [0, 0.1) is 17.1 Å². The molecule has 2 aromatic carbocycles.